The van der Waals surface area contributed by atoms with Crippen LogP contribution >= 0.6 is 0 Å². The van der Waals surface area contributed by atoms with E-state index in [1.165, 1.54) is 19.0 Å². The topological polar surface area (TPSA) is 64.1 Å². The van der Waals surface area contributed by atoms with E-state index in [0.29, 0.717) is 12.0 Å². The minimum atomic E-state index is 0.248. The van der Waals surface area contributed by atoms with Gasteiger partial charge in [0.25, 0.3) is 0 Å². The first-order valence-corrected chi connectivity index (χ1v) is 5.21. The van der Waals surface area contributed by atoms with Gasteiger partial charge in [-0.3, -0.25) is 4.68 Å². The van der Waals surface area contributed by atoms with Gasteiger partial charge in [0, 0.05) is 12.6 Å². The van der Waals surface area contributed by atoms with Gasteiger partial charge in [-0.1, -0.05) is 0 Å². The average molecular weight is 195 g/mol. The molecule has 4 nitrogen and oxygen atoms in total. The molecule has 4 heteroatoms. The second kappa shape index (κ2) is 4.00. The highest BCUT2D eigenvalue weighted by molar-refractivity contribution is 5.08. The molecule has 1 fully saturated rings. The Morgan fingerprint density at radius 3 is 2.71 bits per heavy atom. The zero-order chi connectivity index (χ0) is 9.97. The molecular formula is C10H17N3O. The third kappa shape index (κ3) is 2.26. The average Bonchev–Trinajstić information content (AvgIpc) is 2.56. The van der Waals surface area contributed by atoms with E-state index in [1.54, 1.807) is 6.20 Å². The van der Waals surface area contributed by atoms with Crippen LogP contribution in [0.5, 0.6) is 5.75 Å². The maximum atomic E-state index is 9.12. The van der Waals surface area contributed by atoms with Crippen LogP contribution in [0.25, 0.3) is 0 Å². The molecule has 1 aromatic rings. The predicted molar refractivity (Wildman–Crippen MR) is 53.8 cm³/mol. The van der Waals surface area contributed by atoms with Crippen molar-refractivity contribution in [1.82, 2.24) is 9.78 Å². The summed E-state index contributed by atoms with van der Waals surface area (Å²) in [6.07, 6.45) is 7.77. The van der Waals surface area contributed by atoms with Crippen LogP contribution in [0.2, 0.25) is 0 Å². The Labute approximate surface area is 83.7 Å². The summed E-state index contributed by atoms with van der Waals surface area (Å²) >= 11 is 0. The number of rotatable bonds is 2. The molecule has 0 aromatic carbocycles. The van der Waals surface area contributed by atoms with Crippen molar-refractivity contribution in [1.29, 1.82) is 0 Å². The van der Waals surface area contributed by atoms with Gasteiger partial charge in [0.2, 0.25) is 0 Å². The molecule has 0 atom stereocenters. The summed E-state index contributed by atoms with van der Waals surface area (Å²) in [5.74, 6) is 0.923. The molecule has 1 aliphatic rings. The fourth-order valence-corrected chi connectivity index (χ4v) is 2.09. The van der Waals surface area contributed by atoms with Crippen molar-refractivity contribution >= 4 is 0 Å². The minimum Gasteiger partial charge on any atom is -0.505 e. The van der Waals surface area contributed by atoms with Crippen LogP contribution in [-0.2, 0) is 6.54 Å². The van der Waals surface area contributed by atoms with E-state index < -0.39 is 0 Å². The normalized spacial score (nSPS) is 27.8. The van der Waals surface area contributed by atoms with E-state index in [1.807, 2.05) is 4.68 Å². The quantitative estimate of drug-likeness (QED) is 0.743. The molecule has 3 N–H and O–H groups in total. The highest BCUT2D eigenvalue weighted by Crippen LogP contribution is 2.24. The Bertz CT molecular complexity index is 289. The Morgan fingerprint density at radius 2 is 2.14 bits per heavy atom. The fraction of sp³-hybridized carbons (Fsp3) is 0.700. The van der Waals surface area contributed by atoms with Crippen molar-refractivity contribution in [3.8, 4) is 5.75 Å². The molecule has 78 valence electrons. The summed E-state index contributed by atoms with van der Waals surface area (Å²) in [7, 11) is 0. The third-order valence-corrected chi connectivity index (χ3v) is 2.96. The third-order valence-electron chi connectivity index (χ3n) is 2.96. The van der Waals surface area contributed by atoms with Crippen molar-refractivity contribution in [3.63, 3.8) is 0 Å². The van der Waals surface area contributed by atoms with Crippen LogP contribution in [0.3, 0.4) is 0 Å². The highest BCUT2D eigenvalue weighted by atomic mass is 16.3. The lowest BCUT2D eigenvalue weighted by atomic mass is 9.86. The van der Waals surface area contributed by atoms with Crippen molar-refractivity contribution in [2.45, 2.75) is 38.3 Å². The molecule has 0 unspecified atom stereocenters. The SMILES string of the molecule is NC1CCC(Cn2cc(O)cn2)CC1. The van der Waals surface area contributed by atoms with Crippen LogP contribution < -0.4 is 5.73 Å². The lowest BCUT2D eigenvalue weighted by Gasteiger charge is -2.25. The summed E-state index contributed by atoms with van der Waals surface area (Å²) in [5.41, 5.74) is 5.83. The summed E-state index contributed by atoms with van der Waals surface area (Å²) in [5, 5.41) is 13.2. The molecular weight excluding hydrogens is 178 g/mol. The smallest absolute Gasteiger partial charge is 0.153 e. The molecule has 1 saturated carbocycles. The maximum absolute atomic E-state index is 9.12. The zero-order valence-electron chi connectivity index (χ0n) is 8.26. The first kappa shape index (κ1) is 9.52. The van der Waals surface area contributed by atoms with E-state index in [-0.39, 0.29) is 5.75 Å². The predicted octanol–water partition coefficient (Wildman–Crippen LogP) is 1.11. The number of hydrogen-bond donors (Lipinski definition) is 2. The standard InChI is InChI=1S/C10H17N3O/c11-9-3-1-8(2-4-9)6-13-7-10(14)5-12-13/h5,7-9,14H,1-4,6,11H2. The van der Waals surface area contributed by atoms with Gasteiger partial charge < -0.3 is 10.8 Å². The molecule has 0 radical (unpaired) electrons. The molecule has 1 heterocycles. The van der Waals surface area contributed by atoms with Crippen molar-refractivity contribution in [3.05, 3.63) is 12.4 Å². The van der Waals surface area contributed by atoms with Crippen LogP contribution in [0.1, 0.15) is 25.7 Å². The molecule has 2 rings (SSSR count). The first-order valence-electron chi connectivity index (χ1n) is 5.21. The highest BCUT2D eigenvalue weighted by Gasteiger charge is 2.18. The number of hydrogen-bond acceptors (Lipinski definition) is 3. The van der Waals surface area contributed by atoms with E-state index >= 15 is 0 Å². The van der Waals surface area contributed by atoms with Gasteiger partial charge in [0.15, 0.2) is 5.75 Å². The molecule has 1 aromatic heterocycles. The monoisotopic (exact) mass is 195 g/mol. The Hall–Kier alpha value is -1.03. The van der Waals surface area contributed by atoms with Crippen LogP contribution in [0, 0.1) is 5.92 Å². The Morgan fingerprint density at radius 1 is 1.43 bits per heavy atom. The number of aromatic nitrogens is 2. The van der Waals surface area contributed by atoms with Crippen LogP contribution in [0.4, 0.5) is 0 Å². The van der Waals surface area contributed by atoms with Crippen LogP contribution in [0.15, 0.2) is 12.4 Å². The number of nitrogens with two attached hydrogens (primary N) is 1. The molecule has 1 aliphatic carbocycles. The Kier molecular flexibility index (Phi) is 2.72. The lowest BCUT2D eigenvalue weighted by Crippen LogP contribution is -2.28. The number of aromatic hydroxyl groups is 1. The van der Waals surface area contributed by atoms with Gasteiger partial charge in [-0.2, -0.15) is 5.10 Å². The van der Waals surface area contributed by atoms with Gasteiger partial charge >= 0.3 is 0 Å². The van der Waals surface area contributed by atoms with Crippen molar-refractivity contribution in [2.75, 3.05) is 0 Å². The van der Waals surface area contributed by atoms with E-state index in [0.717, 1.165) is 19.4 Å². The zero-order valence-corrected chi connectivity index (χ0v) is 8.26. The van der Waals surface area contributed by atoms with E-state index in [2.05, 4.69) is 5.10 Å². The summed E-state index contributed by atoms with van der Waals surface area (Å²) < 4.78 is 1.82. The summed E-state index contributed by atoms with van der Waals surface area (Å²) in [4.78, 5) is 0. The molecule has 0 saturated heterocycles. The van der Waals surface area contributed by atoms with Gasteiger partial charge in [-0.15, -0.1) is 0 Å². The summed E-state index contributed by atoms with van der Waals surface area (Å²) in [6, 6.07) is 0.400. The van der Waals surface area contributed by atoms with Gasteiger partial charge in [0.1, 0.15) is 0 Å². The lowest BCUT2D eigenvalue weighted by molar-refractivity contribution is 0.285. The maximum Gasteiger partial charge on any atom is 0.153 e. The minimum absolute atomic E-state index is 0.248. The second-order valence-electron chi connectivity index (χ2n) is 4.20. The number of nitrogens with zero attached hydrogens (tertiary/aromatic N) is 2. The molecule has 0 aliphatic heterocycles. The molecule has 0 spiro atoms. The largest absolute Gasteiger partial charge is 0.505 e. The van der Waals surface area contributed by atoms with Gasteiger partial charge in [0.05, 0.1) is 12.4 Å². The molecule has 0 bridgehead atoms. The Balaban J connectivity index is 1.86. The van der Waals surface area contributed by atoms with Crippen molar-refractivity contribution in [2.24, 2.45) is 11.7 Å². The van der Waals surface area contributed by atoms with Crippen LogP contribution in [-0.4, -0.2) is 20.9 Å². The first-order chi connectivity index (χ1) is 6.74. The fourth-order valence-electron chi connectivity index (χ4n) is 2.09. The van der Waals surface area contributed by atoms with Gasteiger partial charge in [-0.25, -0.2) is 0 Å². The summed E-state index contributed by atoms with van der Waals surface area (Å²) in [6.45, 7) is 0.910. The van der Waals surface area contributed by atoms with Crippen molar-refractivity contribution < 1.29 is 5.11 Å². The molecule has 0 amide bonds. The molecule has 14 heavy (non-hydrogen) atoms. The van der Waals surface area contributed by atoms with E-state index in [4.69, 9.17) is 10.8 Å². The second-order valence-corrected chi connectivity index (χ2v) is 4.20. The van der Waals surface area contributed by atoms with Gasteiger partial charge in [-0.05, 0) is 31.6 Å². The van der Waals surface area contributed by atoms with E-state index in [9.17, 15) is 0 Å².